The van der Waals surface area contributed by atoms with E-state index in [1.165, 1.54) is 22.1 Å². The van der Waals surface area contributed by atoms with Gasteiger partial charge in [-0.1, -0.05) is 22.9 Å². The molecule has 0 bridgehead atoms. The van der Waals surface area contributed by atoms with Crippen LogP contribution in [0.2, 0.25) is 0 Å². The highest BCUT2D eigenvalue weighted by molar-refractivity contribution is 9.11. The molecule has 70 valence electrons. The molecule has 2 rings (SSSR count). The van der Waals surface area contributed by atoms with Crippen molar-refractivity contribution in [2.24, 2.45) is 0 Å². The van der Waals surface area contributed by atoms with Crippen LogP contribution in [0.3, 0.4) is 0 Å². The standard InChI is InChI=1S/C10H11Br2N/c1-6-4-5-13-10-8(12)3-2-7(11)9(6)10/h2-3,6,13H,4-5H2,1H3. The van der Waals surface area contributed by atoms with Crippen LogP contribution in [0.25, 0.3) is 0 Å². The highest BCUT2D eigenvalue weighted by atomic mass is 79.9. The van der Waals surface area contributed by atoms with E-state index < -0.39 is 0 Å². The molecule has 3 heteroatoms. The zero-order valence-electron chi connectivity index (χ0n) is 7.40. The molecular formula is C10H11Br2N. The second kappa shape index (κ2) is 3.62. The maximum absolute atomic E-state index is 3.60. The summed E-state index contributed by atoms with van der Waals surface area (Å²) in [4.78, 5) is 0. The Morgan fingerprint density at radius 2 is 2.00 bits per heavy atom. The molecule has 0 radical (unpaired) electrons. The van der Waals surface area contributed by atoms with E-state index in [9.17, 15) is 0 Å². The first-order chi connectivity index (χ1) is 6.20. The number of anilines is 1. The Bertz CT molecular complexity index is 336. The lowest BCUT2D eigenvalue weighted by Crippen LogP contribution is -2.15. The minimum Gasteiger partial charge on any atom is -0.384 e. The van der Waals surface area contributed by atoms with Crippen LogP contribution in [0.15, 0.2) is 21.1 Å². The molecule has 1 aromatic rings. The van der Waals surface area contributed by atoms with Crippen molar-refractivity contribution in [1.82, 2.24) is 0 Å². The third-order valence-corrected chi connectivity index (χ3v) is 3.87. The predicted molar refractivity (Wildman–Crippen MR) is 63.4 cm³/mol. The van der Waals surface area contributed by atoms with Crippen LogP contribution < -0.4 is 5.32 Å². The van der Waals surface area contributed by atoms with E-state index in [-0.39, 0.29) is 0 Å². The van der Waals surface area contributed by atoms with Gasteiger partial charge in [0.2, 0.25) is 0 Å². The van der Waals surface area contributed by atoms with Crippen molar-refractivity contribution in [2.45, 2.75) is 19.3 Å². The van der Waals surface area contributed by atoms with Gasteiger partial charge < -0.3 is 5.32 Å². The quantitative estimate of drug-likeness (QED) is 0.760. The van der Waals surface area contributed by atoms with Crippen LogP contribution in [0.4, 0.5) is 5.69 Å². The maximum Gasteiger partial charge on any atom is 0.0531 e. The average molecular weight is 305 g/mol. The molecule has 0 fully saturated rings. The van der Waals surface area contributed by atoms with E-state index >= 15 is 0 Å². The van der Waals surface area contributed by atoms with Gasteiger partial charge in [-0.25, -0.2) is 0 Å². The Balaban J connectivity index is 2.60. The van der Waals surface area contributed by atoms with Crippen molar-refractivity contribution in [2.75, 3.05) is 11.9 Å². The normalized spacial score (nSPS) is 20.7. The summed E-state index contributed by atoms with van der Waals surface area (Å²) in [6.07, 6.45) is 1.21. The minimum atomic E-state index is 0.642. The molecule has 0 aliphatic carbocycles. The van der Waals surface area contributed by atoms with Gasteiger partial charge in [-0.05, 0) is 46.0 Å². The average Bonchev–Trinajstić information content (AvgIpc) is 2.12. The molecule has 0 saturated carbocycles. The lowest BCUT2D eigenvalue weighted by molar-refractivity contribution is 0.680. The number of fused-ring (bicyclic) bond motifs is 1. The van der Waals surface area contributed by atoms with E-state index in [0.29, 0.717) is 5.92 Å². The van der Waals surface area contributed by atoms with Gasteiger partial charge in [0.05, 0.1) is 5.69 Å². The molecule has 13 heavy (non-hydrogen) atoms. The highest BCUT2D eigenvalue weighted by Crippen LogP contribution is 2.40. The number of halogens is 2. The van der Waals surface area contributed by atoms with Crippen LogP contribution in [0.1, 0.15) is 24.8 Å². The summed E-state index contributed by atoms with van der Waals surface area (Å²) in [5.74, 6) is 0.642. The zero-order chi connectivity index (χ0) is 9.42. The van der Waals surface area contributed by atoms with Gasteiger partial charge in [-0.15, -0.1) is 0 Å². The molecule has 0 saturated heterocycles. The summed E-state index contributed by atoms with van der Waals surface area (Å²) in [5.41, 5.74) is 2.66. The van der Waals surface area contributed by atoms with Crippen molar-refractivity contribution in [3.8, 4) is 0 Å². The molecule has 0 aromatic heterocycles. The lowest BCUT2D eigenvalue weighted by atomic mass is 9.93. The van der Waals surface area contributed by atoms with Gasteiger partial charge in [-0.2, -0.15) is 0 Å². The van der Waals surface area contributed by atoms with Crippen molar-refractivity contribution in [3.63, 3.8) is 0 Å². The van der Waals surface area contributed by atoms with E-state index in [0.717, 1.165) is 11.0 Å². The van der Waals surface area contributed by atoms with E-state index in [1.54, 1.807) is 0 Å². The molecule has 1 aromatic carbocycles. The van der Waals surface area contributed by atoms with Gasteiger partial charge in [0.1, 0.15) is 0 Å². The Labute approximate surface area is 95.2 Å². The van der Waals surface area contributed by atoms with Crippen LogP contribution in [0.5, 0.6) is 0 Å². The lowest BCUT2D eigenvalue weighted by Gasteiger charge is -2.26. The molecule has 0 spiro atoms. The Hall–Kier alpha value is -0.0200. The van der Waals surface area contributed by atoms with Crippen molar-refractivity contribution in [1.29, 1.82) is 0 Å². The Kier molecular flexibility index (Phi) is 2.65. The summed E-state index contributed by atoms with van der Waals surface area (Å²) in [7, 11) is 0. The summed E-state index contributed by atoms with van der Waals surface area (Å²) < 4.78 is 2.38. The smallest absolute Gasteiger partial charge is 0.0531 e. The number of rotatable bonds is 0. The van der Waals surface area contributed by atoms with Crippen LogP contribution in [-0.4, -0.2) is 6.54 Å². The van der Waals surface area contributed by atoms with Gasteiger partial charge in [-0.3, -0.25) is 0 Å². The fourth-order valence-electron chi connectivity index (χ4n) is 1.79. The first-order valence-electron chi connectivity index (χ1n) is 4.42. The van der Waals surface area contributed by atoms with Gasteiger partial charge in [0, 0.05) is 15.5 Å². The van der Waals surface area contributed by atoms with Crippen LogP contribution >= 0.6 is 31.9 Å². The maximum atomic E-state index is 3.60. The second-order valence-electron chi connectivity index (χ2n) is 3.43. The second-order valence-corrected chi connectivity index (χ2v) is 5.14. The summed E-state index contributed by atoms with van der Waals surface area (Å²) >= 11 is 7.16. The SMILES string of the molecule is CC1CCNc2c(Br)ccc(Br)c21. The number of hydrogen-bond acceptors (Lipinski definition) is 1. The van der Waals surface area contributed by atoms with Gasteiger partial charge >= 0.3 is 0 Å². The first-order valence-corrected chi connectivity index (χ1v) is 6.00. The monoisotopic (exact) mass is 303 g/mol. The first kappa shape index (κ1) is 9.53. The summed E-state index contributed by atoms with van der Waals surface area (Å²) in [5, 5.41) is 3.43. The van der Waals surface area contributed by atoms with E-state index in [2.05, 4.69) is 56.2 Å². The van der Waals surface area contributed by atoms with Crippen LogP contribution in [-0.2, 0) is 0 Å². The molecule has 1 N–H and O–H groups in total. The van der Waals surface area contributed by atoms with E-state index in [4.69, 9.17) is 0 Å². The third kappa shape index (κ3) is 1.64. The molecular weight excluding hydrogens is 294 g/mol. The zero-order valence-corrected chi connectivity index (χ0v) is 10.6. The van der Waals surface area contributed by atoms with Gasteiger partial charge in [0.25, 0.3) is 0 Å². The molecule has 1 atom stereocenters. The number of nitrogens with one attached hydrogen (secondary N) is 1. The Morgan fingerprint density at radius 3 is 2.69 bits per heavy atom. The third-order valence-electron chi connectivity index (χ3n) is 2.51. The van der Waals surface area contributed by atoms with Gasteiger partial charge in [0.15, 0.2) is 0 Å². The molecule has 1 unspecified atom stereocenters. The van der Waals surface area contributed by atoms with Crippen molar-refractivity contribution >= 4 is 37.5 Å². The number of hydrogen-bond donors (Lipinski definition) is 1. The predicted octanol–water partition coefficient (Wildman–Crippen LogP) is 4.13. The van der Waals surface area contributed by atoms with Crippen molar-refractivity contribution in [3.05, 3.63) is 26.6 Å². The highest BCUT2D eigenvalue weighted by Gasteiger charge is 2.20. The fourth-order valence-corrected chi connectivity index (χ4v) is 2.99. The molecule has 1 aliphatic rings. The minimum absolute atomic E-state index is 0.642. The molecule has 1 heterocycles. The summed E-state index contributed by atoms with van der Waals surface area (Å²) in [6.45, 7) is 3.35. The van der Waals surface area contributed by atoms with Crippen LogP contribution in [0, 0.1) is 0 Å². The Morgan fingerprint density at radius 1 is 1.31 bits per heavy atom. The summed E-state index contributed by atoms with van der Waals surface area (Å²) in [6, 6.07) is 4.18. The largest absolute Gasteiger partial charge is 0.384 e. The molecule has 1 nitrogen and oxygen atoms in total. The van der Waals surface area contributed by atoms with Crippen molar-refractivity contribution < 1.29 is 0 Å². The fraction of sp³-hybridized carbons (Fsp3) is 0.400. The number of benzene rings is 1. The van der Waals surface area contributed by atoms with E-state index in [1.807, 2.05) is 0 Å². The molecule has 0 amide bonds. The topological polar surface area (TPSA) is 12.0 Å². The molecule has 1 aliphatic heterocycles.